The van der Waals surface area contributed by atoms with Gasteiger partial charge in [0, 0.05) is 30.5 Å². The van der Waals surface area contributed by atoms with E-state index in [1.807, 2.05) is 11.8 Å². The maximum Gasteiger partial charge on any atom is 0.404 e. The SMILES string of the molecule is O=C(O)NCCOCCOCCOCCOCCOCCOCCOCCNC(=O)CCCC[C@@H]1SC[C@@H]2NC(=O)N[C@@H]21. The highest BCUT2D eigenvalue weighted by Crippen LogP contribution is 2.33. The minimum atomic E-state index is -1.06. The number of carboxylic acid groups (broad SMARTS) is 1. The Morgan fingerprint density at radius 3 is 1.65 bits per heavy atom. The Balaban J connectivity index is 1.19. The van der Waals surface area contributed by atoms with Gasteiger partial charge in [0.1, 0.15) is 0 Å². The van der Waals surface area contributed by atoms with Gasteiger partial charge in [-0.2, -0.15) is 11.8 Å². The summed E-state index contributed by atoms with van der Waals surface area (Å²) in [7, 11) is 0. The van der Waals surface area contributed by atoms with Crippen LogP contribution in [0.25, 0.3) is 0 Å². The third-order valence-electron chi connectivity index (χ3n) is 6.40. The lowest BCUT2D eigenvalue weighted by molar-refractivity contribution is -0.121. The first-order valence-corrected chi connectivity index (χ1v) is 16.1. The van der Waals surface area contributed by atoms with Gasteiger partial charge in [-0.3, -0.25) is 4.79 Å². The molecule has 0 aliphatic carbocycles. The van der Waals surface area contributed by atoms with Crippen molar-refractivity contribution in [3.05, 3.63) is 0 Å². The van der Waals surface area contributed by atoms with Gasteiger partial charge in [0.05, 0.1) is 105 Å². The lowest BCUT2D eigenvalue weighted by atomic mass is 10.0. The number of fused-ring (bicyclic) bond motifs is 1. The molecule has 0 bridgehead atoms. The molecule has 43 heavy (non-hydrogen) atoms. The summed E-state index contributed by atoms with van der Waals surface area (Å²) in [6.07, 6.45) is 2.26. The average molecular weight is 639 g/mol. The van der Waals surface area contributed by atoms with E-state index in [-0.39, 0.29) is 30.6 Å². The fourth-order valence-corrected chi connectivity index (χ4v) is 5.82. The van der Waals surface area contributed by atoms with Crippen LogP contribution in [-0.2, 0) is 38.0 Å². The molecule has 2 aliphatic rings. The Morgan fingerprint density at radius 1 is 0.698 bits per heavy atom. The summed E-state index contributed by atoms with van der Waals surface area (Å²) in [5, 5.41) is 19.9. The number of carbonyl (C=O) groups excluding carboxylic acids is 2. The van der Waals surface area contributed by atoms with Gasteiger partial charge in [-0.15, -0.1) is 0 Å². The average Bonchev–Trinajstić information content (AvgIpc) is 3.54. The van der Waals surface area contributed by atoms with Gasteiger partial charge in [0.2, 0.25) is 5.91 Å². The molecule has 0 aromatic rings. The van der Waals surface area contributed by atoms with Crippen LogP contribution in [0.5, 0.6) is 0 Å². The lowest BCUT2D eigenvalue weighted by Gasteiger charge is -2.16. The first kappa shape index (κ1) is 37.3. The number of thioether (sulfide) groups is 1. The molecular weight excluding hydrogens is 588 g/mol. The second-order valence-electron chi connectivity index (χ2n) is 9.74. The summed E-state index contributed by atoms with van der Waals surface area (Å²) >= 11 is 1.90. The summed E-state index contributed by atoms with van der Waals surface area (Å²) in [5.41, 5.74) is 0. The second kappa shape index (κ2) is 25.4. The monoisotopic (exact) mass is 638 g/mol. The molecule has 4 amide bonds. The van der Waals surface area contributed by atoms with Gasteiger partial charge >= 0.3 is 12.1 Å². The van der Waals surface area contributed by atoms with Gasteiger partial charge in [-0.1, -0.05) is 6.42 Å². The van der Waals surface area contributed by atoms with Gasteiger partial charge in [-0.05, 0) is 12.8 Å². The summed E-state index contributed by atoms with van der Waals surface area (Å²) < 4.78 is 37.8. The molecular formula is C27H50N4O11S. The first-order valence-electron chi connectivity index (χ1n) is 15.0. The Bertz CT molecular complexity index is 756. The smallest absolute Gasteiger partial charge is 0.404 e. The van der Waals surface area contributed by atoms with Crippen LogP contribution in [0.15, 0.2) is 0 Å². The largest absolute Gasteiger partial charge is 0.465 e. The minimum Gasteiger partial charge on any atom is -0.465 e. The molecule has 5 N–H and O–H groups in total. The van der Waals surface area contributed by atoms with Crippen molar-refractivity contribution in [2.75, 3.05) is 111 Å². The normalized spacial score (nSPS) is 19.2. The number of carbonyl (C=O) groups is 3. The van der Waals surface area contributed by atoms with Crippen LogP contribution in [0.1, 0.15) is 25.7 Å². The lowest BCUT2D eigenvalue weighted by Crippen LogP contribution is -2.36. The van der Waals surface area contributed by atoms with Crippen LogP contribution in [-0.4, -0.2) is 152 Å². The summed E-state index contributed by atoms with van der Waals surface area (Å²) in [4.78, 5) is 33.7. The summed E-state index contributed by atoms with van der Waals surface area (Å²) in [5.74, 6) is 0.995. The topological polar surface area (TPSA) is 184 Å². The van der Waals surface area contributed by atoms with Gasteiger partial charge in [0.25, 0.3) is 0 Å². The van der Waals surface area contributed by atoms with Crippen molar-refractivity contribution in [1.82, 2.24) is 21.3 Å². The molecule has 3 atom stereocenters. The van der Waals surface area contributed by atoms with E-state index in [1.54, 1.807) is 0 Å². The Kier molecular flexibility index (Phi) is 22.0. The van der Waals surface area contributed by atoms with Crippen molar-refractivity contribution in [2.24, 2.45) is 0 Å². The molecule has 2 rings (SSSR count). The van der Waals surface area contributed by atoms with Crippen molar-refractivity contribution in [3.8, 4) is 0 Å². The maximum absolute atomic E-state index is 12.0. The molecule has 0 spiro atoms. The minimum absolute atomic E-state index is 0.0381. The molecule has 16 heteroatoms. The number of ether oxygens (including phenoxy) is 7. The number of amides is 4. The van der Waals surface area contributed by atoms with Crippen molar-refractivity contribution < 1.29 is 52.6 Å². The highest BCUT2D eigenvalue weighted by atomic mass is 32.2. The fourth-order valence-electron chi connectivity index (χ4n) is 4.28. The van der Waals surface area contributed by atoms with Crippen LogP contribution < -0.4 is 21.3 Å². The van der Waals surface area contributed by atoms with E-state index in [4.69, 9.17) is 38.3 Å². The molecule has 15 nitrogen and oxygen atoms in total. The number of hydrogen-bond donors (Lipinski definition) is 5. The van der Waals surface area contributed by atoms with E-state index in [2.05, 4.69) is 21.3 Å². The van der Waals surface area contributed by atoms with Crippen molar-refractivity contribution in [3.63, 3.8) is 0 Å². The molecule has 0 radical (unpaired) electrons. The Labute approximate surface area is 258 Å². The van der Waals surface area contributed by atoms with Gasteiger partial charge in [-0.25, -0.2) is 9.59 Å². The molecule has 2 saturated heterocycles. The number of unbranched alkanes of at least 4 members (excludes halogenated alkanes) is 1. The van der Waals surface area contributed by atoms with E-state index in [0.29, 0.717) is 111 Å². The molecule has 2 fully saturated rings. The van der Waals surface area contributed by atoms with E-state index in [1.165, 1.54) is 0 Å². The van der Waals surface area contributed by atoms with Crippen LogP contribution in [0.4, 0.5) is 9.59 Å². The van der Waals surface area contributed by atoms with Crippen LogP contribution in [0.3, 0.4) is 0 Å². The summed E-state index contributed by atoms with van der Waals surface area (Å²) in [6.45, 7) is 6.96. The van der Waals surface area contributed by atoms with Crippen LogP contribution >= 0.6 is 11.8 Å². The Hall–Kier alpha value is -1.92. The van der Waals surface area contributed by atoms with E-state index in [0.717, 1.165) is 25.0 Å². The maximum atomic E-state index is 12.0. The number of urea groups is 1. The molecule has 0 saturated carbocycles. The van der Waals surface area contributed by atoms with E-state index in [9.17, 15) is 14.4 Å². The number of nitrogens with one attached hydrogen (secondary N) is 4. The van der Waals surface area contributed by atoms with E-state index >= 15 is 0 Å². The second-order valence-corrected chi connectivity index (χ2v) is 11.0. The number of rotatable bonds is 29. The van der Waals surface area contributed by atoms with Crippen LogP contribution in [0.2, 0.25) is 0 Å². The quantitative estimate of drug-likeness (QED) is 0.0555. The van der Waals surface area contributed by atoms with Crippen LogP contribution in [0, 0.1) is 0 Å². The van der Waals surface area contributed by atoms with Crippen molar-refractivity contribution in [1.29, 1.82) is 0 Å². The Morgan fingerprint density at radius 2 is 1.16 bits per heavy atom. The molecule has 2 aliphatic heterocycles. The zero-order valence-electron chi connectivity index (χ0n) is 25.0. The third kappa shape index (κ3) is 19.9. The third-order valence-corrected chi connectivity index (χ3v) is 7.91. The standard InChI is InChI=1S/C27H50N4O11S/c32-24(4-2-1-3-23-25-22(21-43-23)30-26(33)31-25)28-5-7-36-9-11-38-13-15-40-17-19-42-20-18-41-16-14-39-12-10-37-8-6-29-27(34)35/h22-23,25,29H,1-21H2,(H,28,32)(H,34,35)(H2,30,31,33)/t22-,23-,25-/m0/s1. The molecule has 250 valence electrons. The molecule has 0 aromatic heterocycles. The highest BCUT2D eigenvalue weighted by molar-refractivity contribution is 8.00. The van der Waals surface area contributed by atoms with Gasteiger partial charge in [0.15, 0.2) is 0 Å². The zero-order valence-corrected chi connectivity index (χ0v) is 25.8. The highest BCUT2D eigenvalue weighted by Gasteiger charge is 2.42. The molecule has 0 unspecified atom stereocenters. The van der Waals surface area contributed by atoms with E-state index < -0.39 is 6.09 Å². The molecule has 0 aromatic carbocycles. The summed E-state index contributed by atoms with van der Waals surface area (Å²) in [6, 6.07) is 0.402. The predicted molar refractivity (Wildman–Crippen MR) is 159 cm³/mol. The number of hydrogen-bond acceptors (Lipinski definition) is 11. The van der Waals surface area contributed by atoms with Gasteiger partial charge < -0.3 is 59.5 Å². The first-order chi connectivity index (χ1) is 21.1. The van der Waals surface area contributed by atoms with Crippen molar-refractivity contribution in [2.45, 2.75) is 43.0 Å². The fraction of sp³-hybridized carbons (Fsp3) is 0.889. The van der Waals surface area contributed by atoms with Crippen molar-refractivity contribution >= 4 is 29.8 Å². The zero-order chi connectivity index (χ0) is 30.8. The predicted octanol–water partition coefficient (Wildman–Crippen LogP) is 0.212. The molecule has 2 heterocycles.